The summed E-state index contributed by atoms with van der Waals surface area (Å²) in [7, 11) is 0. The lowest BCUT2D eigenvalue weighted by Gasteiger charge is -2.45. The zero-order chi connectivity index (χ0) is 18.8. The Bertz CT molecular complexity index is 680. The first kappa shape index (κ1) is 18.8. The molecule has 1 aromatic rings. The van der Waals surface area contributed by atoms with E-state index in [4.69, 9.17) is 0 Å². The number of benzene rings is 1. The maximum Gasteiger partial charge on any atom is 0.254 e. The van der Waals surface area contributed by atoms with Gasteiger partial charge in [0.05, 0.1) is 5.92 Å². The van der Waals surface area contributed by atoms with Crippen molar-refractivity contribution in [2.24, 2.45) is 5.92 Å². The molecule has 0 spiro atoms. The van der Waals surface area contributed by atoms with Gasteiger partial charge in [0.2, 0.25) is 5.91 Å². The molecule has 1 aliphatic carbocycles. The van der Waals surface area contributed by atoms with E-state index in [9.17, 15) is 18.4 Å². The fraction of sp³-hybridized carbons (Fsp3) is 0.600. The van der Waals surface area contributed by atoms with Crippen LogP contribution in [0.2, 0.25) is 0 Å². The van der Waals surface area contributed by atoms with Crippen LogP contribution in [-0.2, 0) is 4.79 Å². The van der Waals surface area contributed by atoms with Crippen molar-refractivity contribution in [2.45, 2.75) is 58.0 Å². The lowest BCUT2D eigenvalue weighted by molar-refractivity contribution is -0.145. The van der Waals surface area contributed by atoms with Gasteiger partial charge in [-0.05, 0) is 44.9 Å². The molecule has 142 valence electrons. The van der Waals surface area contributed by atoms with Gasteiger partial charge < -0.3 is 9.80 Å². The molecule has 0 unspecified atom stereocenters. The predicted molar refractivity (Wildman–Crippen MR) is 94.6 cm³/mol. The van der Waals surface area contributed by atoms with Crippen LogP contribution in [-0.4, -0.2) is 46.8 Å². The van der Waals surface area contributed by atoms with Crippen LogP contribution in [0.4, 0.5) is 8.78 Å². The third-order valence-electron chi connectivity index (χ3n) is 5.46. The number of rotatable bonds is 4. The van der Waals surface area contributed by atoms with Crippen molar-refractivity contribution in [2.75, 3.05) is 13.1 Å². The van der Waals surface area contributed by atoms with Gasteiger partial charge in [-0.15, -0.1) is 0 Å². The van der Waals surface area contributed by atoms with E-state index in [1.165, 1.54) is 17.4 Å². The van der Waals surface area contributed by atoms with E-state index < -0.39 is 11.6 Å². The number of carbonyl (C=O) groups is 2. The van der Waals surface area contributed by atoms with Crippen LogP contribution in [0, 0.1) is 17.6 Å². The van der Waals surface area contributed by atoms with Crippen molar-refractivity contribution < 1.29 is 18.4 Å². The monoisotopic (exact) mass is 364 g/mol. The SMILES string of the molecule is CC(C)N(C(=O)C1CN(C(=O)c2ccc(F)c(F)c2)C1)C1CCCCC1. The van der Waals surface area contributed by atoms with Gasteiger partial charge in [0.25, 0.3) is 5.91 Å². The second-order valence-corrected chi connectivity index (χ2v) is 7.67. The number of amides is 2. The largest absolute Gasteiger partial charge is 0.337 e. The summed E-state index contributed by atoms with van der Waals surface area (Å²) >= 11 is 0. The zero-order valence-corrected chi connectivity index (χ0v) is 15.4. The fourth-order valence-corrected chi connectivity index (χ4v) is 4.04. The Morgan fingerprint density at radius 2 is 1.73 bits per heavy atom. The number of halogens is 2. The average Bonchev–Trinajstić information content (AvgIpc) is 2.56. The highest BCUT2D eigenvalue weighted by molar-refractivity contribution is 5.96. The van der Waals surface area contributed by atoms with E-state index in [1.54, 1.807) is 0 Å². The van der Waals surface area contributed by atoms with Gasteiger partial charge in [-0.2, -0.15) is 0 Å². The van der Waals surface area contributed by atoms with E-state index in [2.05, 4.69) is 0 Å². The molecule has 0 radical (unpaired) electrons. The predicted octanol–water partition coefficient (Wildman–Crippen LogP) is 3.61. The number of nitrogens with zero attached hydrogens (tertiary/aromatic N) is 2. The molecule has 1 aromatic carbocycles. The molecule has 0 N–H and O–H groups in total. The number of hydrogen-bond acceptors (Lipinski definition) is 2. The summed E-state index contributed by atoms with van der Waals surface area (Å²) in [5.74, 6) is -2.46. The van der Waals surface area contributed by atoms with E-state index in [-0.39, 0.29) is 29.3 Å². The summed E-state index contributed by atoms with van der Waals surface area (Å²) in [4.78, 5) is 28.8. The van der Waals surface area contributed by atoms with Crippen molar-refractivity contribution in [1.82, 2.24) is 9.80 Å². The molecule has 0 aromatic heterocycles. The van der Waals surface area contributed by atoms with Gasteiger partial charge >= 0.3 is 0 Å². The third-order valence-corrected chi connectivity index (χ3v) is 5.46. The minimum Gasteiger partial charge on any atom is -0.337 e. The first-order valence-electron chi connectivity index (χ1n) is 9.45. The van der Waals surface area contributed by atoms with Crippen molar-refractivity contribution in [1.29, 1.82) is 0 Å². The standard InChI is InChI=1S/C20H26F2N2O2/c1-13(2)24(16-6-4-3-5-7-16)20(26)15-11-23(12-15)19(25)14-8-9-17(21)18(22)10-14/h8-10,13,15-16H,3-7,11-12H2,1-2H3. The molecule has 1 saturated heterocycles. The van der Waals surface area contributed by atoms with Gasteiger partial charge in [0.15, 0.2) is 11.6 Å². The molecule has 3 rings (SSSR count). The van der Waals surface area contributed by atoms with Crippen LogP contribution < -0.4 is 0 Å². The van der Waals surface area contributed by atoms with Crippen molar-refractivity contribution in [3.63, 3.8) is 0 Å². The van der Waals surface area contributed by atoms with Crippen LogP contribution >= 0.6 is 0 Å². The second-order valence-electron chi connectivity index (χ2n) is 7.67. The van der Waals surface area contributed by atoms with Crippen molar-refractivity contribution >= 4 is 11.8 Å². The van der Waals surface area contributed by atoms with E-state index in [0.717, 1.165) is 37.8 Å². The van der Waals surface area contributed by atoms with E-state index in [1.807, 2.05) is 18.7 Å². The summed E-state index contributed by atoms with van der Waals surface area (Å²) in [5, 5.41) is 0. The summed E-state index contributed by atoms with van der Waals surface area (Å²) in [6, 6.07) is 3.58. The maximum absolute atomic E-state index is 13.3. The van der Waals surface area contributed by atoms with Crippen LogP contribution in [0.3, 0.4) is 0 Å². The molecule has 2 amide bonds. The molecule has 4 nitrogen and oxygen atoms in total. The second kappa shape index (κ2) is 7.72. The Hall–Kier alpha value is -1.98. The highest BCUT2D eigenvalue weighted by atomic mass is 19.2. The van der Waals surface area contributed by atoms with Crippen LogP contribution in [0.25, 0.3) is 0 Å². The highest BCUT2D eigenvalue weighted by Gasteiger charge is 2.40. The summed E-state index contributed by atoms with van der Waals surface area (Å²) in [6.45, 7) is 4.75. The zero-order valence-electron chi connectivity index (χ0n) is 15.4. The lowest BCUT2D eigenvalue weighted by Crippen LogP contribution is -2.59. The van der Waals surface area contributed by atoms with Gasteiger partial charge in [0.1, 0.15) is 0 Å². The number of hydrogen-bond donors (Lipinski definition) is 0. The number of carbonyl (C=O) groups excluding carboxylic acids is 2. The first-order valence-corrected chi connectivity index (χ1v) is 9.45. The molecule has 1 aliphatic heterocycles. The Kier molecular flexibility index (Phi) is 5.58. The summed E-state index contributed by atoms with van der Waals surface area (Å²) in [5.41, 5.74) is 0.114. The van der Waals surface area contributed by atoms with Gasteiger partial charge in [-0.3, -0.25) is 9.59 Å². The van der Waals surface area contributed by atoms with Crippen molar-refractivity contribution in [3.05, 3.63) is 35.4 Å². The van der Waals surface area contributed by atoms with E-state index >= 15 is 0 Å². The minimum atomic E-state index is -1.03. The number of likely N-dealkylation sites (tertiary alicyclic amines) is 1. The van der Waals surface area contributed by atoms with Crippen LogP contribution in [0.15, 0.2) is 18.2 Å². The minimum absolute atomic E-state index is 0.112. The summed E-state index contributed by atoms with van der Waals surface area (Å²) < 4.78 is 26.3. The molecular formula is C20H26F2N2O2. The molecule has 1 saturated carbocycles. The topological polar surface area (TPSA) is 40.6 Å². The van der Waals surface area contributed by atoms with Gasteiger partial charge in [-0.1, -0.05) is 19.3 Å². The van der Waals surface area contributed by atoms with Crippen LogP contribution in [0.5, 0.6) is 0 Å². The third kappa shape index (κ3) is 3.74. The molecule has 6 heteroatoms. The smallest absolute Gasteiger partial charge is 0.254 e. The lowest BCUT2D eigenvalue weighted by atomic mass is 9.90. The van der Waals surface area contributed by atoms with Crippen molar-refractivity contribution in [3.8, 4) is 0 Å². The van der Waals surface area contributed by atoms with E-state index in [0.29, 0.717) is 19.1 Å². The molecule has 2 fully saturated rings. The molecule has 0 bridgehead atoms. The highest BCUT2D eigenvalue weighted by Crippen LogP contribution is 2.28. The molecule has 26 heavy (non-hydrogen) atoms. The normalized spacial score (nSPS) is 18.7. The molecule has 2 aliphatic rings. The Balaban J connectivity index is 1.61. The first-order chi connectivity index (χ1) is 12.4. The Morgan fingerprint density at radius 3 is 2.31 bits per heavy atom. The molecule has 1 heterocycles. The maximum atomic E-state index is 13.3. The quantitative estimate of drug-likeness (QED) is 0.819. The average molecular weight is 364 g/mol. The Morgan fingerprint density at radius 1 is 1.08 bits per heavy atom. The molecular weight excluding hydrogens is 338 g/mol. The van der Waals surface area contributed by atoms with Crippen LogP contribution in [0.1, 0.15) is 56.3 Å². The fourth-order valence-electron chi connectivity index (χ4n) is 4.04. The van der Waals surface area contributed by atoms with Gasteiger partial charge in [0, 0.05) is 30.7 Å². The summed E-state index contributed by atoms with van der Waals surface area (Å²) in [6.07, 6.45) is 5.65. The Labute approximate surface area is 153 Å². The molecule has 0 atom stereocenters. The van der Waals surface area contributed by atoms with Gasteiger partial charge in [-0.25, -0.2) is 8.78 Å².